The van der Waals surface area contributed by atoms with Gasteiger partial charge in [-0.05, 0) is 29.7 Å². The van der Waals surface area contributed by atoms with Crippen LogP contribution in [0.3, 0.4) is 0 Å². The lowest BCUT2D eigenvalue weighted by atomic mass is 10.2. The van der Waals surface area contributed by atoms with E-state index in [1.807, 2.05) is 41.3 Å². The summed E-state index contributed by atoms with van der Waals surface area (Å²) >= 11 is 0. The number of amides is 2. The second kappa shape index (κ2) is 9.47. The van der Waals surface area contributed by atoms with Crippen molar-refractivity contribution in [2.24, 2.45) is 0 Å². The van der Waals surface area contributed by atoms with E-state index in [1.165, 1.54) is 10.3 Å². The van der Waals surface area contributed by atoms with E-state index >= 15 is 0 Å². The molecular formula is C24H26N4O3. The Bertz CT molecular complexity index is 1120. The highest BCUT2D eigenvalue weighted by atomic mass is 16.2. The predicted octanol–water partition coefficient (Wildman–Crippen LogP) is 1.86. The van der Waals surface area contributed by atoms with Crippen molar-refractivity contribution < 1.29 is 9.59 Å². The standard InChI is InChI=1S/C24H26N4O3/c29-22(18-28-13-11-19-6-4-5-9-21(19)24(28)31)25-12-10-23(30)27-16-14-26(15-17-27)20-7-2-1-3-8-20/h1-9,11,13H,10,12,14-18H2,(H,25,29). The molecule has 0 unspecified atom stereocenters. The van der Waals surface area contributed by atoms with Gasteiger partial charge in [0.25, 0.3) is 5.56 Å². The highest BCUT2D eigenvalue weighted by Crippen LogP contribution is 2.15. The van der Waals surface area contributed by atoms with Crippen LogP contribution in [0.5, 0.6) is 0 Å². The first-order valence-electron chi connectivity index (χ1n) is 10.5. The first-order chi connectivity index (χ1) is 15.1. The molecular weight excluding hydrogens is 392 g/mol. The van der Waals surface area contributed by atoms with Crippen molar-refractivity contribution in [3.05, 3.63) is 77.2 Å². The van der Waals surface area contributed by atoms with Gasteiger partial charge in [-0.1, -0.05) is 36.4 Å². The lowest BCUT2D eigenvalue weighted by Crippen LogP contribution is -2.49. The average Bonchev–Trinajstić information content (AvgIpc) is 2.82. The second-order valence-electron chi connectivity index (χ2n) is 7.64. The van der Waals surface area contributed by atoms with Crippen molar-refractivity contribution in [2.75, 3.05) is 37.6 Å². The zero-order chi connectivity index (χ0) is 21.6. The third-order valence-electron chi connectivity index (χ3n) is 5.61. The number of para-hydroxylation sites is 1. The first kappa shape index (κ1) is 20.7. The fourth-order valence-electron chi connectivity index (χ4n) is 3.88. The van der Waals surface area contributed by atoms with Crippen LogP contribution in [0, 0.1) is 0 Å². The van der Waals surface area contributed by atoms with Crippen LogP contribution in [0.1, 0.15) is 6.42 Å². The van der Waals surface area contributed by atoms with Gasteiger partial charge in [-0.3, -0.25) is 14.4 Å². The summed E-state index contributed by atoms with van der Waals surface area (Å²) in [6.07, 6.45) is 1.88. The summed E-state index contributed by atoms with van der Waals surface area (Å²) in [5.74, 6) is -0.241. The number of aromatic nitrogens is 1. The third-order valence-corrected chi connectivity index (χ3v) is 5.61. The number of hydrogen-bond donors (Lipinski definition) is 1. The molecule has 0 bridgehead atoms. The van der Waals surface area contributed by atoms with Crippen LogP contribution >= 0.6 is 0 Å². The molecule has 0 atom stereocenters. The Morgan fingerprint density at radius 1 is 0.871 bits per heavy atom. The summed E-state index contributed by atoms with van der Waals surface area (Å²) in [7, 11) is 0. The Hall–Kier alpha value is -3.61. The van der Waals surface area contributed by atoms with Crippen LogP contribution in [0.4, 0.5) is 5.69 Å². The monoisotopic (exact) mass is 418 g/mol. The highest BCUT2D eigenvalue weighted by Gasteiger charge is 2.21. The average molecular weight is 418 g/mol. The maximum absolute atomic E-state index is 12.5. The van der Waals surface area contributed by atoms with Crippen molar-refractivity contribution >= 4 is 28.3 Å². The zero-order valence-corrected chi connectivity index (χ0v) is 17.4. The maximum Gasteiger partial charge on any atom is 0.258 e. The molecule has 7 nitrogen and oxygen atoms in total. The van der Waals surface area contributed by atoms with E-state index in [9.17, 15) is 14.4 Å². The molecule has 1 N–H and O–H groups in total. The Balaban J connectivity index is 1.22. The van der Waals surface area contributed by atoms with Gasteiger partial charge in [0.05, 0.1) is 0 Å². The number of carbonyl (C=O) groups is 2. The van der Waals surface area contributed by atoms with Crippen LogP contribution in [-0.4, -0.2) is 54.0 Å². The number of pyridine rings is 1. The molecule has 2 heterocycles. The van der Waals surface area contributed by atoms with Gasteiger partial charge in [-0.15, -0.1) is 0 Å². The fraction of sp³-hybridized carbons (Fsp3) is 0.292. The normalized spacial score (nSPS) is 13.9. The van der Waals surface area contributed by atoms with Crippen LogP contribution in [0.15, 0.2) is 71.7 Å². The van der Waals surface area contributed by atoms with Crippen LogP contribution in [0.25, 0.3) is 10.8 Å². The molecule has 160 valence electrons. The molecule has 1 aliphatic rings. The molecule has 2 amide bonds. The number of benzene rings is 2. The lowest BCUT2D eigenvalue weighted by Gasteiger charge is -2.36. The van der Waals surface area contributed by atoms with E-state index in [1.54, 1.807) is 18.3 Å². The van der Waals surface area contributed by atoms with Crippen molar-refractivity contribution in [1.82, 2.24) is 14.8 Å². The summed E-state index contributed by atoms with van der Waals surface area (Å²) in [4.78, 5) is 41.4. The topological polar surface area (TPSA) is 74.6 Å². The second-order valence-corrected chi connectivity index (χ2v) is 7.64. The van der Waals surface area contributed by atoms with E-state index < -0.39 is 0 Å². The summed E-state index contributed by atoms with van der Waals surface area (Å²) in [6, 6.07) is 19.3. The van der Waals surface area contributed by atoms with Gasteiger partial charge in [0.2, 0.25) is 11.8 Å². The number of nitrogens with zero attached hydrogens (tertiary/aromatic N) is 3. The number of anilines is 1. The van der Waals surface area contributed by atoms with Crippen molar-refractivity contribution in [3.63, 3.8) is 0 Å². The molecule has 1 fully saturated rings. The highest BCUT2D eigenvalue weighted by molar-refractivity contribution is 5.82. The first-order valence-corrected chi connectivity index (χ1v) is 10.5. The van der Waals surface area contributed by atoms with Gasteiger partial charge in [-0.2, -0.15) is 0 Å². The Morgan fingerprint density at radius 3 is 2.35 bits per heavy atom. The molecule has 1 aliphatic heterocycles. The summed E-state index contributed by atoms with van der Waals surface area (Å²) in [5.41, 5.74) is 0.978. The fourth-order valence-corrected chi connectivity index (χ4v) is 3.88. The van der Waals surface area contributed by atoms with Crippen LogP contribution < -0.4 is 15.8 Å². The number of nitrogens with one attached hydrogen (secondary N) is 1. The molecule has 1 aromatic heterocycles. The largest absolute Gasteiger partial charge is 0.368 e. The molecule has 0 spiro atoms. The Morgan fingerprint density at radius 2 is 1.58 bits per heavy atom. The number of fused-ring (bicyclic) bond motifs is 1. The van der Waals surface area contributed by atoms with Gasteiger partial charge in [0.15, 0.2) is 0 Å². The number of hydrogen-bond acceptors (Lipinski definition) is 4. The van der Waals surface area contributed by atoms with Gasteiger partial charge < -0.3 is 19.7 Å². The maximum atomic E-state index is 12.5. The molecule has 3 aromatic rings. The Labute approximate surface area is 180 Å². The molecule has 0 radical (unpaired) electrons. The number of carbonyl (C=O) groups excluding carboxylic acids is 2. The SMILES string of the molecule is O=C(Cn1ccc2ccccc2c1=O)NCCC(=O)N1CCN(c2ccccc2)CC1. The van der Waals surface area contributed by atoms with E-state index in [0.717, 1.165) is 18.5 Å². The van der Waals surface area contributed by atoms with Gasteiger partial charge in [0.1, 0.15) is 6.54 Å². The molecule has 31 heavy (non-hydrogen) atoms. The summed E-state index contributed by atoms with van der Waals surface area (Å²) in [5, 5.41) is 4.19. The molecule has 7 heteroatoms. The van der Waals surface area contributed by atoms with Crippen molar-refractivity contribution in [2.45, 2.75) is 13.0 Å². The van der Waals surface area contributed by atoms with E-state index in [2.05, 4.69) is 22.3 Å². The minimum absolute atomic E-state index is 0.0379. The Kier molecular flexibility index (Phi) is 6.31. The number of piperazine rings is 1. The van der Waals surface area contributed by atoms with Crippen LogP contribution in [-0.2, 0) is 16.1 Å². The third kappa shape index (κ3) is 4.94. The zero-order valence-electron chi connectivity index (χ0n) is 17.4. The molecule has 0 saturated carbocycles. The molecule has 0 aliphatic carbocycles. The van der Waals surface area contributed by atoms with Gasteiger partial charge in [0, 0.05) is 56.4 Å². The predicted molar refractivity (Wildman–Crippen MR) is 121 cm³/mol. The quantitative estimate of drug-likeness (QED) is 0.663. The smallest absolute Gasteiger partial charge is 0.258 e. The molecule has 2 aromatic carbocycles. The van der Waals surface area contributed by atoms with Gasteiger partial charge >= 0.3 is 0 Å². The van der Waals surface area contributed by atoms with Gasteiger partial charge in [-0.25, -0.2) is 0 Å². The van der Waals surface area contributed by atoms with Crippen LogP contribution in [0.2, 0.25) is 0 Å². The molecule has 4 rings (SSSR count). The van der Waals surface area contributed by atoms with E-state index in [0.29, 0.717) is 18.5 Å². The molecule has 1 saturated heterocycles. The summed E-state index contributed by atoms with van der Waals surface area (Å²) in [6.45, 7) is 3.15. The van der Waals surface area contributed by atoms with Crippen molar-refractivity contribution in [1.29, 1.82) is 0 Å². The minimum Gasteiger partial charge on any atom is -0.368 e. The van der Waals surface area contributed by atoms with E-state index in [-0.39, 0.29) is 36.9 Å². The lowest BCUT2D eigenvalue weighted by molar-refractivity contribution is -0.131. The van der Waals surface area contributed by atoms with Crippen molar-refractivity contribution in [3.8, 4) is 0 Å². The number of rotatable bonds is 6. The minimum atomic E-state index is -0.279. The van der Waals surface area contributed by atoms with E-state index in [4.69, 9.17) is 0 Å². The summed E-state index contributed by atoms with van der Waals surface area (Å²) < 4.78 is 1.39.